The lowest BCUT2D eigenvalue weighted by Gasteiger charge is -2.13. The van der Waals surface area contributed by atoms with Crippen molar-refractivity contribution >= 4 is 17.8 Å². The van der Waals surface area contributed by atoms with Gasteiger partial charge in [0.15, 0.2) is 0 Å². The van der Waals surface area contributed by atoms with Gasteiger partial charge in [-0.1, -0.05) is 0 Å². The number of rotatable bonds is 6. The van der Waals surface area contributed by atoms with Crippen molar-refractivity contribution in [2.45, 2.75) is 18.9 Å². The number of nitrogens with one attached hydrogen (secondary N) is 1. The number of aliphatic carboxylic acids is 2. The van der Waals surface area contributed by atoms with Gasteiger partial charge in [0.25, 0.3) is 5.91 Å². The normalized spacial score (nSPS) is 11.6. The Morgan fingerprint density at radius 1 is 1.05 bits per heavy atom. The molecule has 0 radical (unpaired) electrons. The third kappa shape index (κ3) is 4.48. The van der Waals surface area contributed by atoms with Gasteiger partial charge in [-0.3, -0.25) is 9.59 Å². The number of phenolic OH excluding ortho intramolecular Hbond substituents is 2. The maximum absolute atomic E-state index is 11.8. The highest BCUT2D eigenvalue weighted by molar-refractivity contribution is 5.97. The molecule has 0 aromatic heterocycles. The summed E-state index contributed by atoms with van der Waals surface area (Å²) in [6.07, 6.45) is -0.691. The van der Waals surface area contributed by atoms with E-state index in [0.717, 1.165) is 18.2 Å². The first kappa shape index (κ1) is 15.3. The number of hydrogen-bond acceptors (Lipinski definition) is 5. The Morgan fingerprint density at radius 2 is 1.60 bits per heavy atom. The highest BCUT2D eigenvalue weighted by Crippen LogP contribution is 2.20. The van der Waals surface area contributed by atoms with Crippen LogP contribution in [0, 0.1) is 0 Å². The summed E-state index contributed by atoms with van der Waals surface area (Å²) >= 11 is 0. The molecular weight excluding hydrogens is 270 g/mol. The van der Waals surface area contributed by atoms with E-state index in [1.807, 2.05) is 0 Å². The molecule has 1 amide bonds. The SMILES string of the molecule is O=C(O)CC[C@H](NC(=O)c1cc(O)cc(O)c1)C(=O)O. The molecule has 1 aromatic carbocycles. The summed E-state index contributed by atoms with van der Waals surface area (Å²) in [6.45, 7) is 0. The molecule has 0 saturated carbocycles. The fourth-order valence-electron chi connectivity index (χ4n) is 1.49. The third-order valence-corrected chi connectivity index (χ3v) is 2.42. The molecule has 0 heterocycles. The van der Waals surface area contributed by atoms with E-state index in [4.69, 9.17) is 10.2 Å². The maximum atomic E-state index is 11.8. The Bertz CT molecular complexity index is 520. The van der Waals surface area contributed by atoms with Crippen LogP contribution in [0.1, 0.15) is 23.2 Å². The van der Waals surface area contributed by atoms with Crippen LogP contribution in [0.3, 0.4) is 0 Å². The van der Waals surface area contributed by atoms with Crippen LogP contribution in [-0.4, -0.2) is 44.3 Å². The third-order valence-electron chi connectivity index (χ3n) is 2.42. The fraction of sp³-hybridized carbons (Fsp3) is 0.250. The molecule has 108 valence electrons. The van der Waals surface area contributed by atoms with Gasteiger partial charge in [0, 0.05) is 18.1 Å². The molecule has 8 nitrogen and oxygen atoms in total. The topological polar surface area (TPSA) is 144 Å². The van der Waals surface area contributed by atoms with Gasteiger partial charge in [-0.2, -0.15) is 0 Å². The minimum absolute atomic E-state index is 0.135. The van der Waals surface area contributed by atoms with Crippen molar-refractivity contribution in [3.05, 3.63) is 23.8 Å². The fourth-order valence-corrected chi connectivity index (χ4v) is 1.49. The zero-order valence-electron chi connectivity index (χ0n) is 10.2. The Hall–Kier alpha value is -2.77. The van der Waals surface area contributed by atoms with E-state index in [0.29, 0.717) is 0 Å². The number of hydrogen-bond donors (Lipinski definition) is 5. The minimum Gasteiger partial charge on any atom is -0.508 e. The predicted molar refractivity (Wildman–Crippen MR) is 65.5 cm³/mol. The van der Waals surface area contributed by atoms with Gasteiger partial charge in [-0.15, -0.1) is 0 Å². The van der Waals surface area contributed by atoms with Crippen molar-refractivity contribution in [1.29, 1.82) is 0 Å². The van der Waals surface area contributed by atoms with Crippen LogP contribution in [-0.2, 0) is 9.59 Å². The van der Waals surface area contributed by atoms with Crippen molar-refractivity contribution in [2.24, 2.45) is 0 Å². The number of benzene rings is 1. The predicted octanol–water partition coefficient (Wildman–Crippen LogP) is 0.146. The van der Waals surface area contributed by atoms with Crippen LogP contribution in [0.15, 0.2) is 18.2 Å². The second-order valence-corrected chi connectivity index (χ2v) is 4.03. The summed E-state index contributed by atoms with van der Waals surface area (Å²) in [5.41, 5.74) is -0.135. The Kier molecular flexibility index (Phi) is 4.90. The first-order valence-electron chi connectivity index (χ1n) is 5.58. The number of carboxylic acids is 2. The molecule has 5 N–H and O–H groups in total. The highest BCUT2D eigenvalue weighted by atomic mass is 16.4. The summed E-state index contributed by atoms with van der Waals surface area (Å²) in [5, 5.41) is 38.0. The van der Waals surface area contributed by atoms with Gasteiger partial charge in [0.1, 0.15) is 17.5 Å². The molecule has 0 aliphatic heterocycles. The molecule has 0 saturated heterocycles. The smallest absolute Gasteiger partial charge is 0.326 e. The number of aromatic hydroxyl groups is 2. The van der Waals surface area contributed by atoms with Crippen LogP contribution in [0.5, 0.6) is 11.5 Å². The number of amides is 1. The average molecular weight is 283 g/mol. The zero-order valence-corrected chi connectivity index (χ0v) is 10.2. The van der Waals surface area contributed by atoms with E-state index < -0.39 is 30.3 Å². The van der Waals surface area contributed by atoms with Crippen molar-refractivity contribution in [2.75, 3.05) is 0 Å². The van der Waals surface area contributed by atoms with Crippen molar-refractivity contribution in [3.63, 3.8) is 0 Å². The van der Waals surface area contributed by atoms with Gasteiger partial charge >= 0.3 is 11.9 Å². The molecule has 0 unspecified atom stereocenters. The largest absolute Gasteiger partial charge is 0.508 e. The lowest BCUT2D eigenvalue weighted by Crippen LogP contribution is -2.41. The van der Waals surface area contributed by atoms with E-state index in [1.165, 1.54) is 0 Å². The molecule has 0 aliphatic carbocycles. The molecule has 8 heteroatoms. The molecular formula is C12H13NO7. The van der Waals surface area contributed by atoms with Crippen LogP contribution >= 0.6 is 0 Å². The zero-order chi connectivity index (χ0) is 15.3. The average Bonchev–Trinajstić information content (AvgIpc) is 2.32. The maximum Gasteiger partial charge on any atom is 0.326 e. The summed E-state index contributed by atoms with van der Waals surface area (Å²) in [7, 11) is 0. The van der Waals surface area contributed by atoms with Crippen LogP contribution in [0.2, 0.25) is 0 Å². The molecule has 20 heavy (non-hydrogen) atoms. The van der Waals surface area contributed by atoms with Crippen molar-refractivity contribution in [3.8, 4) is 11.5 Å². The standard InChI is InChI=1S/C12H13NO7/c14-7-3-6(4-8(15)5-7)11(18)13-9(12(19)20)1-2-10(16)17/h3-5,9,14-15H,1-2H2,(H,13,18)(H,16,17)(H,19,20)/t9-/m0/s1. The summed E-state index contributed by atoms with van der Waals surface area (Å²) in [4.78, 5) is 33.1. The van der Waals surface area contributed by atoms with Gasteiger partial charge in [0.2, 0.25) is 0 Å². The minimum atomic E-state index is -1.37. The Balaban J connectivity index is 2.79. The van der Waals surface area contributed by atoms with E-state index in [2.05, 4.69) is 5.32 Å². The lowest BCUT2D eigenvalue weighted by molar-refractivity contribution is -0.140. The van der Waals surface area contributed by atoms with E-state index >= 15 is 0 Å². The van der Waals surface area contributed by atoms with Gasteiger partial charge in [-0.25, -0.2) is 4.79 Å². The molecule has 1 atom stereocenters. The molecule has 1 rings (SSSR count). The highest BCUT2D eigenvalue weighted by Gasteiger charge is 2.22. The summed E-state index contributed by atoms with van der Waals surface area (Å²) in [6, 6.07) is 1.73. The monoisotopic (exact) mass is 283 g/mol. The lowest BCUT2D eigenvalue weighted by atomic mass is 10.1. The number of carbonyl (C=O) groups excluding carboxylic acids is 1. The van der Waals surface area contributed by atoms with Gasteiger partial charge < -0.3 is 25.7 Å². The van der Waals surface area contributed by atoms with E-state index in [-0.39, 0.29) is 23.5 Å². The first-order valence-corrected chi connectivity index (χ1v) is 5.58. The summed E-state index contributed by atoms with van der Waals surface area (Å²) < 4.78 is 0. The second-order valence-electron chi connectivity index (χ2n) is 4.03. The van der Waals surface area contributed by atoms with Gasteiger partial charge in [-0.05, 0) is 18.6 Å². The number of carbonyl (C=O) groups is 3. The van der Waals surface area contributed by atoms with Gasteiger partial charge in [0.05, 0.1) is 0 Å². The molecule has 0 aliphatic rings. The molecule has 0 bridgehead atoms. The Labute approximate surface area is 113 Å². The first-order chi connectivity index (χ1) is 9.29. The molecule has 0 spiro atoms. The number of phenols is 2. The van der Waals surface area contributed by atoms with Crippen molar-refractivity contribution in [1.82, 2.24) is 5.32 Å². The van der Waals surface area contributed by atoms with E-state index in [1.54, 1.807) is 0 Å². The Morgan fingerprint density at radius 3 is 2.05 bits per heavy atom. The molecule has 0 fully saturated rings. The molecule has 1 aromatic rings. The van der Waals surface area contributed by atoms with Crippen molar-refractivity contribution < 1.29 is 34.8 Å². The second kappa shape index (κ2) is 6.41. The quantitative estimate of drug-likeness (QED) is 0.499. The van der Waals surface area contributed by atoms with Crippen LogP contribution in [0.25, 0.3) is 0 Å². The van der Waals surface area contributed by atoms with Crippen LogP contribution in [0.4, 0.5) is 0 Å². The van der Waals surface area contributed by atoms with E-state index in [9.17, 15) is 24.6 Å². The number of carboxylic acid groups (broad SMARTS) is 2. The van der Waals surface area contributed by atoms with Crippen LogP contribution < -0.4 is 5.32 Å². The summed E-state index contributed by atoms with van der Waals surface area (Å²) in [5.74, 6) is -4.10.